The molecule has 9 heteroatoms. The highest BCUT2D eigenvalue weighted by Gasteiger charge is 2.50. The smallest absolute Gasteiger partial charge is 0.251 e. The molecule has 2 heterocycles. The van der Waals surface area contributed by atoms with Gasteiger partial charge in [0.25, 0.3) is 5.91 Å². The van der Waals surface area contributed by atoms with Crippen LogP contribution in [0.2, 0.25) is 5.02 Å². The lowest BCUT2D eigenvalue weighted by Gasteiger charge is -2.35. The summed E-state index contributed by atoms with van der Waals surface area (Å²) in [5, 5.41) is 15.1. The Labute approximate surface area is 236 Å². The highest BCUT2D eigenvalue weighted by Crippen LogP contribution is 2.53. The van der Waals surface area contributed by atoms with Gasteiger partial charge in [-0.15, -0.1) is 0 Å². The molecule has 2 aliphatic heterocycles. The first-order chi connectivity index (χ1) is 19.4. The van der Waals surface area contributed by atoms with Gasteiger partial charge in [-0.05, 0) is 55.0 Å². The second-order valence-corrected chi connectivity index (χ2v) is 11.0. The molecule has 3 atom stereocenters. The number of fused-ring (bicyclic) bond motifs is 2. The van der Waals surface area contributed by atoms with Crippen LogP contribution in [0.25, 0.3) is 11.1 Å². The number of halogens is 3. The van der Waals surface area contributed by atoms with Crippen molar-refractivity contribution < 1.29 is 28.2 Å². The number of hydrogen-bond donors (Lipinski definition) is 3. The van der Waals surface area contributed by atoms with Crippen molar-refractivity contribution in [2.45, 2.75) is 49.9 Å². The van der Waals surface area contributed by atoms with Gasteiger partial charge in [-0.2, -0.15) is 0 Å². The summed E-state index contributed by atoms with van der Waals surface area (Å²) in [6.45, 7) is 0.763. The van der Waals surface area contributed by atoms with E-state index >= 15 is 8.78 Å². The molecule has 210 valence electrons. The van der Waals surface area contributed by atoms with Crippen LogP contribution in [0.4, 0.5) is 8.78 Å². The zero-order valence-corrected chi connectivity index (χ0v) is 22.9. The first kappa shape index (κ1) is 27.1. The third kappa shape index (κ3) is 4.29. The number of aliphatic hydroxyl groups excluding tert-OH is 1. The number of amides is 1. The summed E-state index contributed by atoms with van der Waals surface area (Å²) in [6, 6.07) is 12.6. The van der Waals surface area contributed by atoms with Gasteiger partial charge >= 0.3 is 0 Å². The Hall–Kier alpha value is -3.04. The van der Waals surface area contributed by atoms with Crippen LogP contribution >= 0.6 is 11.6 Å². The molecule has 1 fully saturated rings. The molecule has 0 saturated carbocycles. The van der Waals surface area contributed by atoms with Crippen molar-refractivity contribution >= 4 is 17.5 Å². The molecule has 3 aromatic rings. The third-order valence-electron chi connectivity index (χ3n) is 8.44. The molecule has 6 nitrogen and oxygen atoms in total. The van der Waals surface area contributed by atoms with Gasteiger partial charge in [-0.3, -0.25) is 4.79 Å². The Morgan fingerprint density at radius 3 is 2.70 bits per heavy atom. The van der Waals surface area contributed by atoms with Crippen LogP contribution in [0, 0.1) is 11.6 Å². The molecule has 3 N–H and O–H groups in total. The second kappa shape index (κ2) is 10.7. The van der Waals surface area contributed by atoms with E-state index in [0.29, 0.717) is 41.7 Å². The van der Waals surface area contributed by atoms with E-state index in [9.17, 15) is 9.90 Å². The monoisotopic (exact) mass is 568 g/mol. The van der Waals surface area contributed by atoms with Crippen molar-refractivity contribution in [1.82, 2.24) is 10.6 Å². The van der Waals surface area contributed by atoms with Gasteiger partial charge in [-0.25, -0.2) is 8.78 Å². The Bertz CT molecular complexity index is 1460. The Balaban J connectivity index is 1.56. The second-order valence-electron chi connectivity index (χ2n) is 10.6. The topological polar surface area (TPSA) is 79.8 Å². The summed E-state index contributed by atoms with van der Waals surface area (Å²) in [4.78, 5) is 13.2. The maximum absolute atomic E-state index is 16.6. The van der Waals surface area contributed by atoms with Gasteiger partial charge in [0.05, 0.1) is 35.9 Å². The third-order valence-corrected chi connectivity index (χ3v) is 8.81. The molecule has 0 bridgehead atoms. The molecule has 0 aromatic heterocycles. The van der Waals surface area contributed by atoms with Crippen LogP contribution in [0.5, 0.6) is 5.75 Å². The average molecular weight is 569 g/mol. The van der Waals surface area contributed by atoms with E-state index in [2.05, 4.69) is 10.6 Å². The minimum absolute atomic E-state index is 0.0338. The summed E-state index contributed by atoms with van der Waals surface area (Å²) < 4.78 is 44.5. The van der Waals surface area contributed by atoms with Gasteiger partial charge in [0.1, 0.15) is 17.4 Å². The highest BCUT2D eigenvalue weighted by atomic mass is 35.5. The molecule has 0 spiro atoms. The predicted octanol–water partition coefficient (Wildman–Crippen LogP) is 5.22. The Kier molecular flexibility index (Phi) is 7.29. The van der Waals surface area contributed by atoms with Crippen LogP contribution in [0.3, 0.4) is 0 Å². The molecule has 40 heavy (non-hydrogen) atoms. The van der Waals surface area contributed by atoms with Crippen molar-refractivity contribution in [3.63, 3.8) is 0 Å². The summed E-state index contributed by atoms with van der Waals surface area (Å²) in [5.74, 6) is -1.59. The van der Waals surface area contributed by atoms with E-state index in [0.717, 1.165) is 24.9 Å². The zero-order valence-electron chi connectivity index (χ0n) is 22.2. The molecular weight excluding hydrogens is 538 g/mol. The van der Waals surface area contributed by atoms with E-state index in [1.807, 2.05) is 30.3 Å². The van der Waals surface area contributed by atoms with Crippen LogP contribution in [0.1, 0.15) is 58.0 Å². The lowest BCUT2D eigenvalue weighted by atomic mass is 9.80. The number of carbonyl (C=O) groups is 1. The number of nitrogens with one attached hydrogen (secondary N) is 2. The molecule has 0 radical (unpaired) electrons. The minimum Gasteiger partial charge on any atom is -0.480 e. The molecule has 1 aliphatic carbocycles. The standard InChI is InChI=1S/C31H31ClF2N2O4/c1-35-30(38)20-14-19-18(9-10-23(19)39-13-12-37)29(34)27(20)26-21-16-31(25-8-5-11-36-25,17-6-3-2-4-7-17)40-24(21)15-22(33)28(26)32/h2-4,6-7,14-15,23,25,36-37H,5,8-13,16H2,1H3,(H,35,38)/t23-,25-,31-/m0/s1. The fourth-order valence-electron chi connectivity index (χ4n) is 6.63. The Morgan fingerprint density at radius 2 is 2.00 bits per heavy atom. The van der Waals surface area contributed by atoms with Crippen molar-refractivity contribution in [3.8, 4) is 16.9 Å². The average Bonchev–Trinajstić information content (AvgIpc) is 3.73. The molecule has 1 amide bonds. The molecule has 0 unspecified atom stereocenters. The van der Waals surface area contributed by atoms with Crippen molar-refractivity contribution in [2.75, 3.05) is 26.8 Å². The summed E-state index contributed by atoms with van der Waals surface area (Å²) in [5.41, 5.74) is 1.77. The highest BCUT2D eigenvalue weighted by molar-refractivity contribution is 6.34. The predicted molar refractivity (Wildman–Crippen MR) is 148 cm³/mol. The fraction of sp³-hybridized carbons (Fsp3) is 0.387. The lowest BCUT2D eigenvalue weighted by molar-refractivity contribution is 0.0290. The van der Waals surface area contributed by atoms with Gasteiger partial charge in [0.15, 0.2) is 5.60 Å². The number of aliphatic hydroxyl groups is 1. The van der Waals surface area contributed by atoms with E-state index in [-0.39, 0.29) is 41.0 Å². The van der Waals surface area contributed by atoms with Gasteiger partial charge in [0, 0.05) is 36.2 Å². The molecule has 6 rings (SSSR count). The quantitative estimate of drug-likeness (QED) is 0.364. The van der Waals surface area contributed by atoms with E-state index < -0.39 is 29.2 Å². The molecular formula is C31H31ClF2N2O4. The number of benzene rings is 3. The van der Waals surface area contributed by atoms with E-state index in [1.165, 1.54) is 13.1 Å². The zero-order chi connectivity index (χ0) is 28.0. The van der Waals surface area contributed by atoms with E-state index in [1.54, 1.807) is 6.07 Å². The Morgan fingerprint density at radius 1 is 1.20 bits per heavy atom. The maximum Gasteiger partial charge on any atom is 0.251 e. The largest absolute Gasteiger partial charge is 0.480 e. The summed E-state index contributed by atoms with van der Waals surface area (Å²) >= 11 is 6.65. The number of ether oxygens (including phenoxy) is 2. The fourth-order valence-corrected chi connectivity index (χ4v) is 6.89. The van der Waals surface area contributed by atoms with Gasteiger partial charge < -0.3 is 25.2 Å². The first-order valence-corrected chi connectivity index (χ1v) is 14.1. The van der Waals surface area contributed by atoms with Gasteiger partial charge in [-0.1, -0.05) is 41.9 Å². The van der Waals surface area contributed by atoms with E-state index in [4.69, 9.17) is 21.1 Å². The normalized spacial score (nSPS) is 23.1. The molecule has 3 aromatic carbocycles. The van der Waals surface area contributed by atoms with Crippen molar-refractivity contribution in [2.24, 2.45) is 0 Å². The van der Waals surface area contributed by atoms with Crippen LogP contribution in [0.15, 0.2) is 42.5 Å². The van der Waals surface area contributed by atoms with Crippen molar-refractivity contribution in [1.29, 1.82) is 0 Å². The van der Waals surface area contributed by atoms with Gasteiger partial charge in [0.2, 0.25) is 0 Å². The number of rotatable bonds is 7. The number of carbonyl (C=O) groups excluding carboxylic acids is 1. The minimum atomic E-state index is -0.852. The van der Waals surface area contributed by atoms with Crippen molar-refractivity contribution in [3.05, 3.63) is 86.9 Å². The molecule has 1 saturated heterocycles. The number of hydrogen-bond acceptors (Lipinski definition) is 5. The lowest BCUT2D eigenvalue weighted by Crippen LogP contribution is -2.48. The van der Waals surface area contributed by atoms with Crippen LogP contribution in [-0.4, -0.2) is 43.9 Å². The SMILES string of the molecule is CNC(=O)c1cc2c(c(F)c1-c1c(Cl)c(F)cc3c1C[C@](c1ccccc1)([C@@H]1CCCN1)O3)CC[C@@H]2OCCO. The maximum atomic E-state index is 16.6. The summed E-state index contributed by atoms with van der Waals surface area (Å²) in [6.07, 6.45) is 2.59. The van der Waals surface area contributed by atoms with Crippen LogP contribution in [-0.2, 0) is 23.2 Å². The first-order valence-electron chi connectivity index (χ1n) is 13.7. The van der Waals surface area contributed by atoms with Crippen LogP contribution < -0.4 is 15.4 Å². The summed E-state index contributed by atoms with van der Waals surface area (Å²) in [7, 11) is 1.46. The molecule has 3 aliphatic rings.